The van der Waals surface area contributed by atoms with Crippen LogP contribution in [0, 0.1) is 5.92 Å². The Morgan fingerprint density at radius 2 is 2.22 bits per heavy atom. The SMILES string of the molecule is CCOC(c1nc(CNC)cs1)C1CCCCC1. The average Bonchev–Trinajstić information content (AvgIpc) is 2.86. The van der Waals surface area contributed by atoms with Crippen LogP contribution in [0.15, 0.2) is 5.38 Å². The van der Waals surface area contributed by atoms with E-state index in [0.29, 0.717) is 5.92 Å². The van der Waals surface area contributed by atoms with Crippen molar-refractivity contribution in [2.75, 3.05) is 13.7 Å². The van der Waals surface area contributed by atoms with Gasteiger partial charge in [0, 0.05) is 18.5 Å². The lowest BCUT2D eigenvalue weighted by Gasteiger charge is -2.28. The first-order valence-corrected chi connectivity index (χ1v) is 7.93. The van der Waals surface area contributed by atoms with Gasteiger partial charge in [-0.05, 0) is 32.7 Å². The number of hydrogen-bond acceptors (Lipinski definition) is 4. The second kappa shape index (κ2) is 7.22. The van der Waals surface area contributed by atoms with Crippen molar-refractivity contribution in [2.45, 2.75) is 51.7 Å². The maximum absolute atomic E-state index is 5.99. The van der Waals surface area contributed by atoms with E-state index in [-0.39, 0.29) is 6.10 Å². The van der Waals surface area contributed by atoms with Crippen LogP contribution in [0.5, 0.6) is 0 Å². The molecule has 1 aromatic heterocycles. The highest BCUT2D eigenvalue weighted by Crippen LogP contribution is 2.37. The van der Waals surface area contributed by atoms with E-state index in [9.17, 15) is 0 Å². The molecule has 0 aliphatic heterocycles. The normalized spacial score (nSPS) is 19.0. The van der Waals surface area contributed by atoms with Crippen LogP contribution >= 0.6 is 11.3 Å². The molecule has 1 atom stereocenters. The third-order valence-electron chi connectivity index (χ3n) is 3.60. The lowest BCUT2D eigenvalue weighted by molar-refractivity contribution is 0.00542. The molecule has 18 heavy (non-hydrogen) atoms. The Morgan fingerprint density at radius 3 is 2.89 bits per heavy atom. The number of thiazole rings is 1. The Bertz CT molecular complexity index is 347. The van der Waals surface area contributed by atoms with Crippen LogP contribution in [-0.2, 0) is 11.3 Å². The zero-order chi connectivity index (χ0) is 12.8. The molecule has 1 aliphatic carbocycles. The van der Waals surface area contributed by atoms with Gasteiger partial charge in [-0.3, -0.25) is 0 Å². The molecule has 1 aliphatic rings. The van der Waals surface area contributed by atoms with Gasteiger partial charge < -0.3 is 10.1 Å². The highest BCUT2D eigenvalue weighted by Gasteiger charge is 2.27. The fourth-order valence-corrected chi connectivity index (χ4v) is 3.70. The molecule has 2 rings (SSSR count). The minimum atomic E-state index is 0.228. The molecule has 102 valence electrons. The zero-order valence-electron chi connectivity index (χ0n) is 11.4. The van der Waals surface area contributed by atoms with Gasteiger partial charge in [0.1, 0.15) is 11.1 Å². The van der Waals surface area contributed by atoms with Crippen molar-refractivity contribution in [3.63, 3.8) is 0 Å². The second-order valence-corrected chi connectivity index (χ2v) is 5.87. The van der Waals surface area contributed by atoms with Crippen molar-refractivity contribution in [3.05, 3.63) is 16.1 Å². The standard InChI is InChI=1S/C14H24N2OS/c1-3-17-13(11-7-5-4-6-8-11)14-16-12(9-15-2)10-18-14/h10-11,13,15H,3-9H2,1-2H3. The van der Waals surface area contributed by atoms with Crippen molar-refractivity contribution in [1.82, 2.24) is 10.3 Å². The summed E-state index contributed by atoms with van der Waals surface area (Å²) in [6, 6.07) is 0. The molecule has 3 nitrogen and oxygen atoms in total. The van der Waals surface area contributed by atoms with E-state index in [0.717, 1.165) is 18.8 Å². The van der Waals surface area contributed by atoms with E-state index in [4.69, 9.17) is 9.72 Å². The zero-order valence-corrected chi connectivity index (χ0v) is 12.3. The van der Waals surface area contributed by atoms with Gasteiger partial charge in [0.2, 0.25) is 0 Å². The van der Waals surface area contributed by atoms with Gasteiger partial charge in [-0.2, -0.15) is 0 Å². The molecule has 1 saturated carbocycles. The number of rotatable bonds is 6. The maximum Gasteiger partial charge on any atom is 0.122 e. The summed E-state index contributed by atoms with van der Waals surface area (Å²) < 4.78 is 5.99. The molecule has 0 aromatic carbocycles. The van der Waals surface area contributed by atoms with Crippen LogP contribution < -0.4 is 5.32 Å². The fraction of sp³-hybridized carbons (Fsp3) is 0.786. The summed E-state index contributed by atoms with van der Waals surface area (Å²) in [5.74, 6) is 0.673. The topological polar surface area (TPSA) is 34.1 Å². The molecule has 1 fully saturated rings. The highest BCUT2D eigenvalue weighted by atomic mass is 32.1. The number of nitrogens with one attached hydrogen (secondary N) is 1. The average molecular weight is 268 g/mol. The first-order chi connectivity index (χ1) is 8.85. The van der Waals surface area contributed by atoms with Crippen LogP contribution in [0.3, 0.4) is 0 Å². The molecule has 0 spiro atoms. The summed E-state index contributed by atoms with van der Waals surface area (Å²) in [4.78, 5) is 4.73. The van der Waals surface area contributed by atoms with E-state index in [1.165, 1.54) is 37.1 Å². The summed E-state index contributed by atoms with van der Waals surface area (Å²) in [5.41, 5.74) is 1.14. The van der Waals surface area contributed by atoms with Crippen LogP contribution in [0.25, 0.3) is 0 Å². The molecule has 4 heteroatoms. The smallest absolute Gasteiger partial charge is 0.122 e. The van der Waals surface area contributed by atoms with Crippen LogP contribution in [-0.4, -0.2) is 18.6 Å². The third kappa shape index (κ3) is 3.53. The maximum atomic E-state index is 5.99. The monoisotopic (exact) mass is 268 g/mol. The number of nitrogens with zero attached hydrogens (tertiary/aromatic N) is 1. The predicted octanol–water partition coefficient (Wildman–Crippen LogP) is 3.52. The minimum absolute atomic E-state index is 0.228. The van der Waals surface area contributed by atoms with Crippen molar-refractivity contribution in [1.29, 1.82) is 0 Å². The van der Waals surface area contributed by atoms with E-state index in [1.807, 2.05) is 7.05 Å². The Kier molecular flexibility index (Phi) is 5.60. The van der Waals surface area contributed by atoms with Gasteiger partial charge in [0.25, 0.3) is 0 Å². The Labute approximate surface area is 114 Å². The Morgan fingerprint density at radius 1 is 1.44 bits per heavy atom. The summed E-state index contributed by atoms with van der Waals surface area (Å²) in [7, 11) is 1.96. The summed E-state index contributed by atoms with van der Waals surface area (Å²) >= 11 is 1.76. The van der Waals surface area contributed by atoms with Crippen molar-refractivity contribution in [2.24, 2.45) is 5.92 Å². The first-order valence-electron chi connectivity index (χ1n) is 7.05. The lowest BCUT2D eigenvalue weighted by atomic mass is 9.85. The first kappa shape index (κ1) is 14.0. The van der Waals surface area contributed by atoms with E-state index in [2.05, 4.69) is 17.6 Å². The molecular formula is C14H24N2OS. The largest absolute Gasteiger partial charge is 0.371 e. The number of ether oxygens (including phenoxy) is 1. The Hall–Kier alpha value is -0.450. The molecular weight excluding hydrogens is 244 g/mol. The minimum Gasteiger partial charge on any atom is -0.371 e. The third-order valence-corrected chi connectivity index (χ3v) is 4.55. The van der Waals surface area contributed by atoms with Crippen molar-refractivity contribution < 1.29 is 4.74 Å². The van der Waals surface area contributed by atoms with Crippen LogP contribution in [0.4, 0.5) is 0 Å². The van der Waals surface area contributed by atoms with Gasteiger partial charge in [0.15, 0.2) is 0 Å². The molecule has 0 bridgehead atoms. The molecule has 0 amide bonds. The van der Waals surface area contributed by atoms with E-state index < -0.39 is 0 Å². The van der Waals surface area contributed by atoms with E-state index >= 15 is 0 Å². The summed E-state index contributed by atoms with van der Waals surface area (Å²) in [6.07, 6.45) is 6.91. The van der Waals surface area contributed by atoms with Crippen molar-refractivity contribution in [3.8, 4) is 0 Å². The van der Waals surface area contributed by atoms with Crippen LogP contribution in [0.2, 0.25) is 0 Å². The highest BCUT2D eigenvalue weighted by molar-refractivity contribution is 7.09. The molecule has 1 aromatic rings. The van der Waals surface area contributed by atoms with Crippen molar-refractivity contribution >= 4 is 11.3 Å². The molecule has 0 saturated heterocycles. The van der Waals surface area contributed by atoms with Gasteiger partial charge >= 0.3 is 0 Å². The second-order valence-electron chi connectivity index (χ2n) is 4.98. The number of aromatic nitrogens is 1. The van der Waals surface area contributed by atoms with Gasteiger partial charge in [0.05, 0.1) is 5.69 Å². The lowest BCUT2D eigenvalue weighted by Crippen LogP contribution is -2.19. The molecule has 1 N–H and O–H groups in total. The van der Waals surface area contributed by atoms with E-state index in [1.54, 1.807) is 11.3 Å². The fourth-order valence-electron chi connectivity index (χ4n) is 2.74. The molecule has 1 heterocycles. The summed E-state index contributed by atoms with van der Waals surface area (Å²) in [6.45, 7) is 3.71. The van der Waals surface area contributed by atoms with Gasteiger partial charge in [-0.25, -0.2) is 4.98 Å². The van der Waals surface area contributed by atoms with Gasteiger partial charge in [-0.1, -0.05) is 19.3 Å². The Balaban J connectivity index is 2.06. The molecule has 0 radical (unpaired) electrons. The summed E-state index contributed by atoms with van der Waals surface area (Å²) in [5, 5.41) is 6.48. The molecule has 1 unspecified atom stereocenters. The number of hydrogen-bond donors (Lipinski definition) is 1. The quantitative estimate of drug-likeness (QED) is 0.857. The van der Waals surface area contributed by atoms with Gasteiger partial charge in [-0.15, -0.1) is 11.3 Å². The van der Waals surface area contributed by atoms with Crippen LogP contribution in [0.1, 0.15) is 55.8 Å². The predicted molar refractivity (Wildman–Crippen MR) is 75.8 cm³/mol.